The Hall–Kier alpha value is -4.51. The van der Waals surface area contributed by atoms with Gasteiger partial charge in [0.15, 0.2) is 11.5 Å². The Morgan fingerprint density at radius 3 is 2.59 bits per heavy atom. The summed E-state index contributed by atoms with van der Waals surface area (Å²) in [6.45, 7) is 7.22. The first kappa shape index (κ1) is 21.3. The molecule has 2 aromatic carbocycles. The summed E-state index contributed by atoms with van der Waals surface area (Å²) in [6, 6.07) is 16.7. The minimum absolute atomic E-state index is 0.0818. The van der Waals surface area contributed by atoms with Crippen LogP contribution in [0.2, 0.25) is 0 Å². The monoisotopic (exact) mass is 452 g/mol. The van der Waals surface area contributed by atoms with Crippen LogP contribution in [0.5, 0.6) is 11.5 Å². The lowest BCUT2D eigenvalue weighted by molar-refractivity contribution is 0.415. The first-order valence-corrected chi connectivity index (χ1v) is 11.0. The second-order valence-electron chi connectivity index (χ2n) is 8.04. The highest BCUT2D eigenvalue weighted by Crippen LogP contribution is 2.29. The third kappa shape index (κ3) is 3.77. The number of ether oxygens (including phenoxy) is 1. The summed E-state index contributed by atoms with van der Waals surface area (Å²) in [4.78, 5) is 24.4. The number of benzene rings is 2. The van der Waals surface area contributed by atoms with Gasteiger partial charge < -0.3 is 15.4 Å². The van der Waals surface area contributed by atoms with Crippen LogP contribution < -0.4 is 16.2 Å². The zero-order valence-electron chi connectivity index (χ0n) is 18.8. The van der Waals surface area contributed by atoms with Crippen molar-refractivity contribution in [2.24, 2.45) is 0 Å². The van der Waals surface area contributed by atoms with Crippen molar-refractivity contribution in [3.8, 4) is 29.0 Å². The molecule has 8 nitrogen and oxygen atoms in total. The van der Waals surface area contributed by atoms with Crippen molar-refractivity contribution < 1.29 is 4.74 Å². The fourth-order valence-corrected chi connectivity index (χ4v) is 4.35. The second kappa shape index (κ2) is 8.79. The Morgan fingerprint density at radius 2 is 1.85 bits per heavy atom. The molecular weight excluding hydrogens is 428 g/mol. The minimum atomic E-state index is -0.210. The maximum Gasteiger partial charge on any atom is 0.335 e. The average molecular weight is 453 g/mol. The third-order valence-electron chi connectivity index (χ3n) is 5.93. The van der Waals surface area contributed by atoms with Crippen LogP contribution in [0, 0.1) is 11.8 Å². The van der Waals surface area contributed by atoms with Crippen molar-refractivity contribution in [3.63, 3.8) is 0 Å². The average Bonchev–Trinajstić information content (AvgIpc) is 3.43. The molecule has 2 aromatic heterocycles. The Labute approximate surface area is 196 Å². The molecule has 0 bridgehead atoms. The number of hydrogen-bond donors (Lipinski definition) is 1. The van der Waals surface area contributed by atoms with E-state index in [0.29, 0.717) is 29.1 Å². The predicted octanol–water partition coefficient (Wildman–Crippen LogP) is 3.74. The lowest BCUT2D eigenvalue weighted by Crippen LogP contribution is -2.29. The van der Waals surface area contributed by atoms with Gasteiger partial charge in [0.1, 0.15) is 23.3 Å². The zero-order chi connectivity index (χ0) is 23.7. The van der Waals surface area contributed by atoms with Gasteiger partial charge in [0.05, 0.1) is 17.4 Å². The van der Waals surface area contributed by atoms with Crippen LogP contribution in [-0.4, -0.2) is 37.1 Å². The minimum Gasteiger partial charge on any atom is -0.457 e. The molecule has 0 spiro atoms. The molecule has 1 aliphatic rings. The van der Waals surface area contributed by atoms with Gasteiger partial charge in [-0.3, -0.25) is 9.13 Å². The number of para-hydroxylation sites is 1. The standard InChI is InChI=1S/C26H24N6O2/c1-3-7-18(2)30-15-14-20(16-30)32-25-23(24(27)28-17-29-25)31(26(32)33)19-10-12-22(13-11-19)34-21-8-5-4-6-9-21/h4-6,8-13,17,20H,2,14-16H2,1H3,(H2,27,28,29)/t20-/m1/s1. The van der Waals surface area contributed by atoms with Crippen molar-refractivity contribution in [3.05, 3.63) is 83.7 Å². The number of imidazole rings is 1. The molecule has 5 rings (SSSR count). The molecule has 1 fully saturated rings. The summed E-state index contributed by atoms with van der Waals surface area (Å²) >= 11 is 0. The number of allylic oxidation sites excluding steroid dienone is 1. The fraction of sp³-hybridized carbons (Fsp3) is 0.192. The molecule has 0 radical (unpaired) electrons. The Balaban J connectivity index is 1.54. The van der Waals surface area contributed by atoms with E-state index in [1.165, 1.54) is 6.33 Å². The number of rotatable bonds is 5. The normalized spacial score (nSPS) is 15.2. The molecule has 0 unspecified atom stereocenters. The van der Waals surface area contributed by atoms with Crippen LogP contribution in [0.25, 0.3) is 16.9 Å². The molecule has 0 saturated carbocycles. The highest BCUT2D eigenvalue weighted by Gasteiger charge is 2.30. The molecular formula is C26H24N6O2. The van der Waals surface area contributed by atoms with E-state index in [2.05, 4.69) is 33.3 Å². The predicted molar refractivity (Wildman–Crippen MR) is 132 cm³/mol. The molecule has 1 aliphatic heterocycles. The Kier molecular flexibility index (Phi) is 5.52. The van der Waals surface area contributed by atoms with Crippen LogP contribution in [-0.2, 0) is 0 Å². The van der Waals surface area contributed by atoms with Gasteiger partial charge in [0, 0.05) is 13.1 Å². The summed E-state index contributed by atoms with van der Waals surface area (Å²) in [5.74, 6) is 7.54. The third-order valence-corrected chi connectivity index (χ3v) is 5.93. The van der Waals surface area contributed by atoms with Crippen LogP contribution in [0.4, 0.5) is 5.82 Å². The van der Waals surface area contributed by atoms with Crippen LogP contribution in [0.15, 0.2) is 78.0 Å². The van der Waals surface area contributed by atoms with Gasteiger partial charge in [-0.25, -0.2) is 14.8 Å². The van der Waals surface area contributed by atoms with Crippen LogP contribution in [0.1, 0.15) is 19.4 Å². The van der Waals surface area contributed by atoms with Crippen molar-refractivity contribution in [2.75, 3.05) is 18.8 Å². The van der Waals surface area contributed by atoms with Crippen molar-refractivity contribution >= 4 is 17.0 Å². The van der Waals surface area contributed by atoms with E-state index in [9.17, 15) is 4.79 Å². The van der Waals surface area contributed by atoms with Gasteiger partial charge >= 0.3 is 5.69 Å². The molecule has 3 heterocycles. The number of hydrogen-bond acceptors (Lipinski definition) is 6. The number of nitrogen functional groups attached to an aromatic ring is 1. The van der Waals surface area contributed by atoms with E-state index < -0.39 is 0 Å². The van der Waals surface area contributed by atoms with Gasteiger partial charge in [-0.2, -0.15) is 0 Å². The molecule has 0 aliphatic carbocycles. The lowest BCUT2D eigenvalue weighted by Gasteiger charge is -2.17. The van der Waals surface area contributed by atoms with Crippen LogP contribution in [0.3, 0.4) is 0 Å². The summed E-state index contributed by atoms with van der Waals surface area (Å²) in [5, 5.41) is 0. The number of nitrogens with two attached hydrogens (primary N) is 1. The van der Waals surface area contributed by atoms with Crippen molar-refractivity contribution in [1.29, 1.82) is 0 Å². The van der Waals surface area contributed by atoms with Gasteiger partial charge in [0.25, 0.3) is 0 Å². The molecule has 1 saturated heterocycles. The number of aromatic nitrogens is 4. The molecule has 8 heteroatoms. The Bertz CT molecular complexity index is 1480. The molecule has 1 atom stereocenters. The topological polar surface area (TPSA) is 91.2 Å². The fourth-order valence-electron chi connectivity index (χ4n) is 4.35. The van der Waals surface area contributed by atoms with E-state index in [0.717, 1.165) is 24.4 Å². The number of likely N-dealkylation sites (tertiary alicyclic amines) is 1. The quantitative estimate of drug-likeness (QED) is 0.464. The van der Waals surface area contributed by atoms with E-state index in [4.69, 9.17) is 10.5 Å². The molecule has 0 amide bonds. The van der Waals surface area contributed by atoms with Crippen LogP contribution >= 0.6 is 0 Å². The SMILES string of the molecule is C=C(C#CC)N1CC[C@@H](n2c(=O)n(-c3ccc(Oc4ccccc4)cc3)c3c(N)ncnc32)C1. The Morgan fingerprint density at radius 1 is 1.12 bits per heavy atom. The zero-order valence-corrected chi connectivity index (χ0v) is 18.8. The van der Waals surface area contributed by atoms with E-state index in [1.807, 2.05) is 54.6 Å². The lowest BCUT2D eigenvalue weighted by atomic mass is 10.2. The van der Waals surface area contributed by atoms with Gasteiger partial charge in [-0.1, -0.05) is 36.6 Å². The molecule has 34 heavy (non-hydrogen) atoms. The number of anilines is 1. The van der Waals surface area contributed by atoms with Gasteiger partial charge in [-0.05, 0) is 49.7 Å². The highest BCUT2D eigenvalue weighted by atomic mass is 16.5. The van der Waals surface area contributed by atoms with Gasteiger partial charge in [0.2, 0.25) is 0 Å². The number of fused-ring (bicyclic) bond motifs is 1. The smallest absolute Gasteiger partial charge is 0.335 e. The largest absolute Gasteiger partial charge is 0.457 e. The second-order valence-corrected chi connectivity index (χ2v) is 8.04. The van der Waals surface area contributed by atoms with Crippen molar-refractivity contribution in [1.82, 2.24) is 24.0 Å². The number of nitrogens with zero attached hydrogens (tertiary/aromatic N) is 5. The summed E-state index contributed by atoms with van der Waals surface area (Å²) in [5.41, 5.74) is 8.44. The maximum atomic E-state index is 13.7. The molecule has 4 aromatic rings. The summed E-state index contributed by atoms with van der Waals surface area (Å²) in [6.07, 6.45) is 2.17. The van der Waals surface area contributed by atoms with Crippen molar-refractivity contribution in [2.45, 2.75) is 19.4 Å². The summed E-state index contributed by atoms with van der Waals surface area (Å²) in [7, 11) is 0. The molecule has 2 N–H and O–H groups in total. The van der Waals surface area contributed by atoms with E-state index in [1.54, 1.807) is 16.1 Å². The molecule has 170 valence electrons. The summed E-state index contributed by atoms with van der Waals surface area (Å²) < 4.78 is 9.17. The first-order chi connectivity index (χ1) is 16.6. The maximum absolute atomic E-state index is 13.7. The highest BCUT2D eigenvalue weighted by molar-refractivity contribution is 5.84. The van der Waals surface area contributed by atoms with Gasteiger partial charge in [-0.15, -0.1) is 0 Å². The van der Waals surface area contributed by atoms with E-state index in [-0.39, 0.29) is 17.5 Å². The van der Waals surface area contributed by atoms with E-state index >= 15 is 0 Å². The first-order valence-electron chi connectivity index (χ1n) is 11.0.